The van der Waals surface area contributed by atoms with Crippen LogP contribution in [0.15, 0.2) is 0 Å². The second-order valence-corrected chi connectivity index (χ2v) is 6.75. The number of nitrogens with zero attached hydrogens (tertiary/aromatic N) is 2. The fourth-order valence-electron chi connectivity index (χ4n) is 3.65. The van der Waals surface area contributed by atoms with Gasteiger partial charge >= 0.3 is 0 Å². The molecule has 1 amide bonds. The minimum absolute atomic E-state index is 0.0306. The number of amides is 1. The van der Waals surface area contributed by atoms with Crippen LogP contribution in [0.1, 0.15) is 61.0 Å². The van der Waals surface area contributed by atoms with E-state index in [1.54, 1.807) is 0 Å². The summed E-state index contributed by atoms with van der Waals surface area (Å²) in [5.74, 6) is 0.0665. The molecular formula is C16H23N3O3. The first-order chi connectivity index (χ1) is 10.6. The van der Waals surface area contributed by atoms with Crippen molar-refractivity contribution in [3.8, 4) is 0 Å². The summed E-state index contributed by atoms with van der Waals surface area (Å²) in [6.45, 7) is 5.37. The molecular weight excluding hydrogens is 282 g/mol. The Labute approximate surface area is 130 Å². The quantitative estimate of drug-likeness (QED) is 0.925. The molecule has 6 heteroatoms. The number of rotatable bonds is 3. The fraction of sp³-hybridized carbons (Fsp3) is 0.750. The van der Waals surface area contributed by atoms with Crippen LogP contribution < -0.4 is 0 Å². The molecule has 1 aromatic heterocycles. The van der Waals surface area contributed by atoms with Crippen molar-refractivity contribution in [2.24, 2.45) is 0 Å². The molecule has 22 heavy (non-hydrogen) atoms. The molecule has 1 aliphatic carbocycles. The van der Waals surface area contributed by atoms with Crippen molar-refractivity contribution in [3.05, 3.63) is 17.0 Å². The second kappa shape index (κ2) is 5.35. The molecule has 2 atom stereocenters. The summed E-state index contributed by atoms with van der Waals surface area (Å²) < 4.78 is 11.1. The minimum atomic E-state index is -0.0306. The lowest BCUT2D eigenvalue weighted by Crippen LogP contribution is -2.57. The van der Waals surface area contributed by atoms with Crippen LogP contribution in [0.3, 0.4) is 0 Å². The standard InChI is InChI=1S/C16H23N3O3/c1-9-6-13-14(10(2)22-9)17-18-15(13)16(20)19(11-4-3-5-11)12-7-21-8-12/h9-12H,3-8H2,1-2H3,(H,17,18)/t9-,10+/m1/s1. The Morgan fingerprint density at radius 3 is 2.64 bits per heavy atom. The monoisotopic (exact) mass is 305 g/mol. The van der Waals surface area contributed by atoms with Gasteiger partial charge in [0.1, 0.15) is 0 Å². The summed E-state index contributed by atoms with van der Waals surface area (Å²) in [5, 5.41) is 7.38. The number of nitrogens with one attached hydrogen (secondary N) is 1. The molecule has 120 valence electrons. The van der Waals surface area contributed by atoms with Crippen molar-refractivity contribution in [1.82, 2.24) is 15.1 Å². The molecule has 0 bridgehead atoms. The van der Waals surface area contributed by atoms with Crippen molar-refractivity contribution in [3.63, 3.8) is 0 Å². The molecule has 4 rings (SSSR count). The normalized spacial score (nSPS) is 28.6. The Morgan fingerprint density at radius 1 is 1.27 bits per heavy atom. The van der Waals surface area contributed by atoms with Crippen molar-refractivity contribution < 1.29 is 14.3 Å². The zero-order valence-corrected chi connectivity index (χ0v) is 13.2. The molecule has 0 unspecified atom stereocenters. The highest BCUT2D eigenvalue weighted by Gasteiger charge is 2.40. The van der Waals surface area contributed by atoms with Crippen LogP contribution in [0.25, 0.3) is 0 Å². The Morgan fingerprint density at radius 2 is 2.05 bits per heavy atom. The zero-order chi connectivity index (χ0) is 15.3. The van der Waals surface area contributed by atoms with Gasteiger partial charge in [-0.3, -0.25) is 9.89 Å². The average Bonchev–Trinajstić information content (AvgIpc) is 2.76. The predicted molar refractivity (Wildman–Crippen MR) is 79.7 cm³/mol. The molecule has 1 N–H and O–H groups in total. The van der Waals surface area contributed by atoms with Gasteiger partial charge in [-0.15, -0.1) is 0 Å². The summed E-state index contributed by atoms with van der Waals surface area (Å²) in [4.78, 5) is 15.1. The van der Waals surface area contributed by atoms with Crippen LogP contribution in [-0.4, -0.2) is 52.4 Å². The van der Waals surface area contributed by atoms with Gasteiger partial charge in [0.05, 0.1) is 37.2 Å². The Kier molecular flexibility index (Phi) is 3.46. The summed E-state index contributed by atoms with van der Waals surface area (Å²) in [5.41, 5.74) is 2.59. The van der Waals surface area contributed by atoms with Crippen molar-refractivity contribution in [1.29, 1.82) is 0 Å². The van der Waals surface area contributed by atoms with Gasteiger partial charge in [0, 0.05) is 18.0 Å². The first kappa shape index (κ1) is 14.2. The highest BCUT2D eigenvalue weighted by Crippen LogP contribution is 2.34. The number of H-pyrrole nitrogens is 1. The van der Waals surface area contributed by atoms with Gasteiger partial charge in [-0.25, -0.2) is 0 Å². The van der Waals surface area contributed by atoms with Gasteiger partial charge in [0.25, 0.3) is 5.91 Å². The highest BCUT2D eigenvalue weighted by atomic mass is 16.5. The summed E-state index contributed by atoms with van der Waals surface area (Å²) in [6.07, 6.45) is 4.25. The van der Waals surface area contributed by atoms with Crippen molar-refractivity contribution >= 4 is 5.91 Å². The maximum atomic E-state index is 13.1. The Balaban J connectivity index is 1.64. The Bertz CT molecular complexity index is 563. The van der Waals surface area contributed by atoms with Gasteiger partial charge in [-0.2, -0.15) is 5.10 Å². The second-order valence-electron chi connectivity index (χ2n) is 6.75. The molecule has 6 nitrogen and oxygen atoms in total. The van der Waals surface area contributed by atoms with E-state index in [9.17, 15) is 4.79 Å². The number of hydrogen-bond donors (Lipinski definition) is 1. The molecule has 2 aliphatic heterocycles. The molecule has 0 spiro atoms. The smallest absolute Gasteiger partial charge is 0.275 e. The molecule has 0 radical (unpaired) electrons. The van der Waals surface area contributed by atoms with Crippen LogP contribution in [0.4, 0.5) is 0 Å². The molecule has 3 heterocycles. The van der Waals surface area contributed by atoms with Gasteiger partial charge in [0.15, 0.2) is 5.69 Å². The number of carbonyl (C=O) groups excluding carboxylic acids is 1. The SMILES string of the molecule is C[C@@H]1Cc2c(C(=O)N(C3CCC3)C3COC3)n[nH]c2[C@H](C)O1. The van der Waals surface area contributed by atoms with E-state index in [1.807, 2.05) is 18.7 Å². The van der Waals surface area contributed by atoms with Crippen LogP contribution >= 0.6 is 0 Å². The van der Waals surface area contributed by atoms with Crippen molar-refractivity contribution in [2.75, 3.05) is 13.2 Å². The maximum Gasteiger partial charge on any atom is 0.275 e. The number of ether oxygens (including phenoxy) is 2. The van der Waals surface area contributed by atoms with Crippen LogP contribution in [0, 0.1) is 0 Å². The average molecular weight is 305 g/mol. The fourth-order valence-corrected chi connectivity index (χ4v) is 3.65. The lowest BCUT2D eigenvalue weighted by molar-refractivity contribution is -0.0750. The maximum absolute atomic E-state index is 13.1. The summed E-state index contributed by atoms with van der Waals surface area (Å²) in [7, 11) is 0. The summed E-state index contributed by atoms with van der Waals surface area (Å²) >= 11 is 0. The van der Waals surface area contributed by atoms with Crippen LogP contribution in [0.5, 0.6) is 0 Å². The minimum Gasteiger partial charge on any atom is -0.377 e. The Hall–Kier alpha value is -1.40. The summed E-state index contributed by atoms with van der Waals surface area (Å²) in [6, 6.07) is 0.586. The van der Waals surface area contributed by atoms with Crippen molar-refractivity contribution in [2.45, 2.75) is 63.8 Å². The van der Waals surface area contributed by atoms with E-state index >= 15 is 0 Å². The highest BCUT2D eigenvalue weighted by molar-refractivity contribution is 5.94. The van der Waals surface area contributed by atoms with Crippen LogP contribution in [0.2, 0.25) is 0 Å². The molecule has 1 saturated heterocycles. The van der Waals surface area contributed by atoms with E-state index in [2.05, 4.69) is 10.2 Å². The molecule has 2 fully saturated rings. The van der Waals surface area contributed by atoms with Gasteiger partial charge in [0.2, 0.25) is 0 Å². The van der Waals surface area contributed by atoms with Gasteiger partial charge in [-0.1, -0.05) is 0 Å². The number of fused-ring (bicyclic) bond motifs is 1. The number of aromatic nitrogens is 2. The molecule has 1 saturated carbocycles. The molecule has 3 aliphatic rings. The lowest BCUT2D eigenvalue weighted by Gasteiger charge is -2.45. The number of carbonyl (C=O) groups is 1. The predicted octanol–water partition coefficient (Wildman–Crippen LogP) is 1.83. The van der Waals surface area contributed by atoms with E-state index in [1.165, 1.54) is 6.42 Å². The van der Waals surface area contributed by atoms with E-state index < -0.39 is 0 Å². The molecule has 1 aromatic rings. The molecule has 0 aromatic carbocycles. The topological polar surface area (TPSA) is 67.5 Å². The first-order valence-corrected chi connectivity index (χ1v) is 8.28. The zero-order valence-electron chi connectivity index (χ0n) is 13.2. The largest absolute Gasteiger partial charge is 0.377 e. The third kappa shape index (κ3) is 2.16. The number of aromatic amines is 1. The third-order valence-corrected chi connectivity index (χ3v) is 5.15. The lowest BCUT2D eigenvalue weighted by atomic mass is 9.89. The van der Waals surface area contributed by atoms with E-state index in [4.69, 9.17) is 9.47 Å². The van der Waals surface area contributed by atoms with Gasteiger partial charge in [-0.05, 0) is 33.1 Å². The van der Waals surface area contributed by atoms with E-state index in [-0.39, 0.29) is 24.2 Å². The number of hydrogen-bond acceptors (Lipinski definition) is 4. The third-order valence-electron chi connectivity index (χ3n) is 5.15. The van der Waals surface area contributed by atoms with E-state index in [0.29, 0.717) is 24.9 Å². The van der Waals surface area contributed by atoms with Gasteiger partial charge < -0.3 is 14.4 Å². The van der Waals surface area contributed by atoms with Crippen LogP contribution in [-0.2, 0) is 15.9 Å². The first-order valence-electron chi connectivity index (χ1n) is 8.28. The van der Waals surface area contributed by atoms with E-state index in [0.717, 1.165) is 30.5 Å².